The maximum atomic E-state index is 2.44. The smallest absolute Gasteiger partial charge is 0.000397 e. The van der Waals surface area contributed by atoms with E-state index >= 15 is 0 Å². The van der Waals surface area contributed by atoms with E-state index in [0.29, 0.717) is 0 Å². The van der Waals surface area contributed by atoms with E-state index in [1.165, 1.54) is 32.4 Å². The van der Waals surface area contributed by atoms with Crippen molar-refractivity contribution in [2.24, 2.45) is 5.92 Å². The summed E-state index contributed by atoms with van der Waals surface area (Å²) >= 11 is 0. The SMILES string of the molecule is C[C@H]1CCCCN(C)C1. The predicted octanol–water partition coefficient (Wildman–Crippen LogP) is 1.74. The molecule has 0 bridgehead atoms. The largest absolute Gasteiger partial charge is 0.306 e. The molecular formula is C8H17N. The van der Waals surface area contributed by atoms with Gasteiger partial charge in [0, 0.05) is 6.54 Å². The summed E-state index contributed by atoms with van der Waals surface area (Å²) in [5, 5.41) is 0. The average Bonchev–Trinajstić information content (AvgIpc) is 1.93. The van der Waals surface area contributed by atoms with Crippen molar-refractivity contribution < 1.29 is 0 Å². The summed E-state index contributed by atoms with van der Waals surface area (Å²) in [7, 11) is 2.22. The van der Waals surface area contributed by atoms with Crippen molar-refractivity contribution in [1.82, 2.24) is 4.90 Å². The normalized spacial score (nSPS) is 32.0. The van der Waals surface area contributed by atoms with Crippen molar-refractivity contribution >= 4 is 0 Å². The van der Waals surface area contributed by atoms with Crippen LogP contribution in [0, 0.1) is 5.92 Å². The van der Waals surface area contributed by atoms with E-state index < -0.39 is 0 Å². The molecule has 1 heteroatoms. The highest BCUT2D eigenvalue weighted by Gasteiger charge is 2.09. The zero-order chi connectivity index (χ0) is 6.69. The molecule has 1 heterocycles. The molecule has 1 saturated heterocycles. The number of hydrogen-bond donors (Lipinski definition) is 0. The minimum atomic E-state index is 0.928. The highest BCUT2D eigenvalue weighted by atomic mass is 15.1. The van der Waals surface area contributed by atoms with E-state index in [-0.39, 0.29) is 0 Å². The van der Waals surface area contributed by atoms with E-state index in [9.17, 15) is 0 Å². The highest BCUT2D eigenvalue weighted by Crippen LogP contribution is 2.13. The van der Waals surface area contributed by atoms with Crippen molar-refractivity contribution in [2.45, 2.75) is 26.2 Å². The van der Waals surface area contributed by atoms with Gasteiger partial charge < -0.3 is 4.90 Å². The third kappa shape index (κ3) is 2.35. The molecule has 1 rings (SSSR count). The fourth-order valence-corrected chi connectivity index (χ4v) is 1.59. The summed E-state index contributed by atoms with van der Waals surface area (Å²) in [6.07, 6.45) is 4.27. The van der Waals surface area contributed by atoms with Gasteiger partial charge in [-0.3, -0.25) is 0 Å². The molecule has 1 nitrogen and oxygen atoms in total. The molecule has 0 amide bonds. The lowest BCUT2D eigenvalue weighted by molar-refractivity contribution is 0.310. The molecule has 0 N–H and O–H groups in total. The van der Waals surface area contributed by atoms with Gasteiger partial charge in [0.15, 0.2) is 0 Å². The van der Waals surface area contributed by atoms with Gasteiger partial charge in [-0.1, -0.05) is 13.3 Å². The van der Waals surface area contributed by atoms with Gasteiger partial charge in [0.25, 0.3) is 0 Å². The zero-order valence-electron chi connectivity index (χ0n) is 6.56. The lowest BCUT2D eigenvalue weighted by Gasteiger charge is -2.15. The summed E-state index contributed by atoms with van der Waals surface area (Å²) in [5.74, 6) is 0.928. The highest BCUT2D eigenvalue weighted by molar-refractivity contribution is 4.64. The fraction of sp³-hybridized carbons (Fsp3) is 1.00. The first-order valence-electron chi connectivity index (χ1n) is 3.97. The molecule has 0 spiro atoms. The van der Waals surface area contributed by atoms with Crippen LogP contribution in [0.1, 0.15) is 26.2 Å². The molecule has 1 aliphatic heterocycles. The van der Waals surface area contributed by atoms with Crippen LogP contribution in [0.5, 0.6) is 0 Å². The third-order valence-electron chi connectivity index (χ3n) is 2.11. The molecule has 0 radical (unpaired) electrons. The van der Waals surface area contributed by atoms with Gasteiger partial charge in [-0.05, 0) is 32.4 Å². The Labute approximate surface area is 58.0 Å². The lowest BCUT2D eigenvalue weighted by atomic mass is 10.1. The van der Waals surface area contributed by atoms with Crippen molar-refractivity contribution in [3.8, 4) is 0 Å². The third-order valence-corrected chi connectivity index (χ3v) is 2.11. The van der Waals surface area contributed by atoms with Crippen molar-refractivity contribution in [3.05, 3.63) is 0 Å². The van der Waals surface area contributed by atoms with Crippen LogP contribution in [0.3, 0.4) is 0 Å². The van der Waals surface area contributed by atoms with Crippen LogP contribution in [0.2, 0.25) is 0 Å². The fourth-order valence-electron chi connectivity index (χ4n) is 1.59. The Balaban J connectivity index is 2.29. The van der Waals surface area contributed by atoms with Crippen molar-refractivity contribution in [3.63, 3.8) is 0 Å². The Hall–Kier alpha value is -0.0400. The molecule has 0 aromatic rings. The van der Waals surface area contributed by atoms with Gasteiger partial charge in [0.05, 0.1) is 0 Å². The Morgan fingerprint density at radius 1 is 1.33 bits per heavy atom. The Morgan fingerprint density at radius 3 is 2.89 bits per heavy atom. The second kappa shape index (κ2) is 3.21. The molecule has 0 aromatic heterocycles. The molecule has 1 atom stereocenters. The van der Waals surface area contributed by atoms with Crippen LogP contribution in [0.25, 0.3) is 0 Å². The maximum Gasteiger partial charge on any atom is 0.000397 e. The number of rotatable bonds is 0. The minimum absolute atomic E-state index is 0.928. The van der Waals surface area contributed by atoms with Crippen LogP contribution < -0.4 is 0 Å². The van der Waals surface area contributed by atoms with E-state index in [1.807, 2.05) is 0 Å². The predicted molar refractivity (Wildman–Crippen MR) is 40.5 cm³/mol. The van der Waals surface area contributed by atoms with Crippen LogP contribution in [0.15, 0.2) is 0 Å². The molecule has 0 saturated carbocycles. The minimum Gasteiger partial charge on any atom is -0.306 e. The Morgan fingerprint density at radius 2 is 2.11 bits per heavy atom. The van der Waals surface area contributed by atoms with Crippen LogP contribution >= 0.6 is 0 Å². The summed E-state index contributed by atoms with van der Waals surface area (Å²) in [6.45, 7) is 4.96. The first-order valence-corrected chi connectivity index (χ1v) is 3.97. The standard InChI is InChI=1S/C8H17N/c1-8-5-3-4-6-9(2)7-8/h8H,3-7H2,1-2H3/t8-/m0/s1. The van der Waals surface area contributed by atoms with E-state index in [1.54, 1.807) is 0 Å². The second-order valence-electron chi connectivity index (χ2n) is 3.36. The van der Waals surface area contributed by atoms with Gasteiger partial charge >= 0.3 is 0 Å². The van der Waals surface area contributed by atoms with Gasteiger partial charge in [0.1, 0.15) is 0 Å². The van der Waals surface area contributed by atoms with E-state index in [0.717, 1.165) is 5.92 Å². The van der Waals surface area contributed by atoms with E-state index in [2.05, 4.69) is 18.9 Å². The number of likely N-dealkylation sites (tertiary alicyclic amines) is 1. The average molecular weight is 127 g/mol. The first kappa shape index (κ1) is 7.07. The molecule has 54 valence electrons. The molecule has 0 unspecified atom stereocenters. The first-order chi connectivity index (χ1) is 4.29. The van der Waals surface area contributed by atoms with Crippen LogP contribution in [-0.4, -0.2) is 25.0 Å². The van der Waals surface area contributed by atoms with Crippen LogP contribution in [0.4, 0.5) is 0 Å². The summed E-state index contributed by atoms with van der Waals surface area (Å²) in [6, 6.07) is 0. The Bertz CT molecular complexity index is 70.6. The summed E-state index contributed by atoms with van der Waals surface area (Å²) in [5.41, 5.74) is 0. The second-order valence-corrected chi connectivity index (χ2v) is 3.36. The molecule has 0 aromatic carbocycles. The summed E-state index contributed by atoms with van der Waals surface area (Å²) < 4.78 is 0. The Kier molecular flexibility index (Phi) is 2.52. The number of nitrogens with zero attached hydrogens (tertiary/aromatic N) is 1. The van der Waals surface area contributed by atoms with E-state index in [4.69, 9.17) is 0 Å². The quantitative estimate of drug-likeness (QED) is 0.479. The van der Waals surface area contributed by atoms with Crippen LogP contribution in [-0.2, 0) is 0 Å². The molecule has 1 fully saturated rings. The maximum absolute atomic E-state index is 2.44. The number of hydrogen-bond acceptors (Lipinski definition) is 1. The molecule has 1 aliphatic rings. The molecular weight excluding hydrogens is 110 g/mol. The monoisotopic (exact) mass is 127 g/mol. The lowest BCUT2D eigenvalue weighted by Crippen LogP contribution is -2.22. The molecule has 9 heavy (non-hydrogen) atoms. The van der Waals surface area contributed by atoms with Gasteiger partial charge in [-0.2, -0.15) is 0 Å². The molecule has 0 aliphatic carbocycles. The zero-order valence-corrected chi connectivity index (χ0v) is 6.56. The van der Waals surface area contributed by atoms with Crippen molar-refractivity contribution in [2.75, 3.05) is 20.1 Å². The topological polar surface area (TPSA) is 3.24 Å². The van der Waals surface area contributed by atoms with Gasteiger partial charge in [-0.15, -0.1) is 0 Å². The van der Waals surface area contributed by atoms with Crippen molar-refractivity contribution in [1.29, 1.82) is 0 Å². The van der Waals surface area contributed by atoms with Gasteiger partial charge in [0.2, 0.25) is 0 Å². The van der Waals surface area contributed by atoms with Gasteiger partial charge in [-0.25, -0.2) is 0 Å². The summed E-state index contributed by atoms with van der Waals surface area (Å²) in [4.78, 5) is 2.44.